The van der Waals surface area contributed by atoms with Crippen LogP contribution in [0.1, 0.15) is 24.5 Å². The maximum atomic E-state index is 12.0. The lowest BCUT2D eigenvalue weighted by atomic mass is 10.0. The molecule has 0 amide bonds. The van der Waals surface area contributed by atoms with Gasteiger partial charge >= 0.3 is 5.97 Å². The van der Waals surface area contributed by atoms with Crippen LogP contribution in [0, 0.1) is 6.92 Å². The second-order valence-corrected chi connectivity index (χ2v) is 4.41. The van der Waals surface area contributed by atoms with Crippen molar-refractivity contribution in [2.75, 3.05) is 6.61 Å². The largest absolute Gasteiger partial charge is 0.466 e. The Morgan fingerprint density at radius 3 is 2.79 bits per heavy atom. The lowest BCUT2D eigenvalue weighted by Crippen LogP contribution is -2.17. The van der Waals surface area contributed by atoms with Crippen LogP contribution < -0.4 is 5.56 Å². The van der Waals surface area contributed by atoms with Crippen molar-refractivity contribution in [2.24, 2.45) is 0 Å². The van der Waals surface area contributed by atoms with Gasteiger partial charge in [0.15, 0.2) is 0 Å². The van der Waals surface area contributed by atoms with Gasteiger partial charge in [0.2, 0.25) is 0 Å². The molecule has 1 heterocycles. The van der Waals surface area contributed by atoms with Crippen LogP contribution in [0.15, 0.2) is 29.1 Å². The predicted molar refractivity (Wildman–Crippen MR) is 74.3 cm³/mol. The van der Waals surface area contributed by atoms with Crippen molar-refractivity contribution in [1.29, 1.82) is 0 Å². The minimum atomic E-state index is -0.269. The first-order valence-electron chi connectivity index (χ1n) is 6.39. The Morgan fingerprint density at radius 1 is 1.32 bits per heavy atom. The first-order valence-corrected chi connectivity index (χ1v) is 6.39. The first kappa shape index (κ1) is 13.3. The smallest absolute Gasteiger partial charge is 0.306 e. The number of ether oxygens (including phenoxy) is 1. The molecule has 19 heavy (non-hydrogen) atoms. The molecule has 0 atom stereocenters. The fourth-order valence-corrected chi connectivity index (χ4v) is 2.21. The van der Waals surface area contributed by atoms with Crippen molar-refractivity contribution < 1.29 is 9.53 Å². The summed E-state index contributed by atoms with van der Waals surface area (Å²) >= 11 is 0. The van der Waals surface area contributed by atoms with Gasteiger partial charge in [-0.3, -0.25) is 9.59 Å². The van der Waals surface area contributed by atoms with Crippen LogP contribution >= 0.6 is 0 Å². The number of H-pyrrole nitrogens is 1. The number of carbonyl (C=O) groups excluding carboxylic acids is 1. The molecule has 0 fully saturated rings. The summed E-state index contributed by atoms with van der Waals surface area (Å²) in [7, 11) is 0. The van der Waals surface area contributed by atoms with E-state index >= 15 is 0 Å². The zero-order chi connectivity index (χ0) is 13.8. The molecular weight excluding hydrogens is 242 g/mol. The summed E-state index contributed by atoms with van der Waals surface area (Å²) in [4.78, 5) is 26.2. The first-order chi connectivity index (χ1) is 9.13. The summed E-state index contributed by atoms with van der Waals surface area (Å²) in [6, 6.07) is 7.66. The van der Waals surface area contributed by atoms with Gasteiger partial charge in [-0.15, -0.1) is 0 Å². The molecule has 0 aliphatic rings. The number of carbonyl (C=O) groups is 1. The quantitative estimate of drug-likeness (QED) is 0.857. The van der Waals surface area contributed by atoms with E-state index in [2.05, 4.69) is 4.98 Å². The molecular formula is C15H17NO3. The summed E-state index contributed by atoms with van der Waals surface area (Å²) < 4.78 is 4.88. The fraction of sp³-hybridized carbons (Fsp3) is 0.333. The minimum Gasteiger partial charge on any atom is -0.466 e. The molecule has 4 heteroatoms. The van der Waals surface area contributed by atoms with Crippen LogP contribution in [0.5, 0.6) is 0 Å². The molecule has 100 valence electrons. The summed E-state index contributed by atoms with van der Waals surface area (Å²) in [5, 5.41) is 1.01. The number of benzene rings is 1. The molecule has 0 aliphatic heterocycles. The fourth-order valence-electron chi connectivity index (χ4n) is 2.21. The number of hydrogen-bond donors (Lipinski definition) is 1. The number of aromatic nitrogens is 1. The number of aryl methyl sites for hydroxylation is 1. The summed E-state index contributed by atoms with van der Waals surface area (Å²) in [5.41, 5.74) is 2.29. The normalized spacial score (nSPS) is 10.6. The molecule has 0 bridgehead atoms. The topological polar surface area (TPSA) is 59.2 Å². The van der Waals surface area contributed by atoms with Gasteiger partial charge in [-0.25, -0.2) is 0 Å². The molecule has 0 unspecified atom stereocenters. The van der Waals surface area contributed by atoms with E-state index in [4.69, 9.17) is 4.74 Å². The number of esters is 1. The molecule has 1 aromatic carbocycles. The highest BCUT2D eigenvalue weighted by atomic mass is 16.5. The van der Waals surface area contributed by atoms with Gasteiger partial charge < -0.3 is 9.72 Å². The SMILES string of the molecule is CCOC(=O)CCc1c(C)c2ccccc2[nH]c1=O. The Kier molecular flexibility index (Phi) is 4.00. The molecule has 0 radical (unpaired) electrons. The lowest BCUT2D eigenvalue weighted by molar-refractivity contribution is -0.143. The van der Waals surface area contributed by atoms with E-state index in [1.807, 2.05) is 31.2 Å². The average molecular weight is 259 g/mol. The Hall–Kier alpha value is -2.10. The maximum Gasteiger partial charge on any atom is 0.306 e. The maximum absolute atomic E-state index is 12.0. The molecule has 2 aromatic rings. The number of pyridine rings is 1. The van der Waals surface area contributed by atoms with E-state index in [0.29, 0.717) is 18.6 Å². The number of nitrogens with one attached hydrogen (secondary N) is 1. The summed E-state index contributed by atoms with van der Waals surface area (Å²) in [6.45, 7) is 4.05. The van der Waals surface area contributed by atoms with E-state index < -0.39 is 0 Å². The third-order valence-electron chi connectivity index (χ3n) is 3.19. The van der Waals surface area contributed by atoms with Gasteiger partial charge in [0.1, 0.15) is 0 Å². The number of aromatic amines is 1. The highest BCUT2D eigenvalue weighted by Gasteiger charge is 2.11. The van der Waals surface area contributed by atoms with E-state index in [-0.39, 0.29) is 17.9 Å². The number of para-hydroxylation sites is 1. The van der Waals surface area contributed by atoms with Crippen molar-refractivity contribution in [3.05, 3.63) is 45.7 Å². The standard InChI is InChI=1S/C15H17NO3/c1-3-19-14(17)9-8-12-10(2)11-6-4-5-7-13(11)16-15(12)18/h4-7H,3,8-9H2,1-2H3,(H,16,18). The molecule has 0 spiro atoms. The third kappa shape index (κ3) is 2.84. The zero-order valence-corrected chi connectivity index (χ0v) is 11.2. The van der Waals surface area contributed by atoms with Gasteiger partial charge in [0.05, 0.1) is 6.61 Å². The highest BCUT2D eigenvalue weighted by molar-refractivity contribution is 5.82. The number of hydrogen-bond acceptors (Lipinski definition) is 3. The van der Waals surface area contributed by atoms with Gasteiger partial charge in [0.25, 0.3) is 5.56 Å². The molecule has 4 nitrogen and oxygen atoms in total. The Bertz CT molecular complexity index is 658. The van der Waals surface area contributed by atoms with Crippen molar-refractivity contribution in [2.45, 2.75) is 26.7 Å². The van der Waals surface area contributed by atoms with E-state index in [0.717, 1.165) is 16.5 Å². The van der Waals surface area contributed by atoms with Crippen LogP contribution in [0.25, 0.3) is 10.9 Å². The zero-order valence-electron chi connectivity index (χ0n) is 11.2. The minimum absolute atomic E-state index is 0.125. The highest BCUT2D eigenvalue weighted by Crippen LogP contribution is 2.17. The van der Waals surface area contributed by atoms with Crippen LogP contribution in [0.3, 0.4) is 0 Å². The lowest BCUT2D eigenvalue weighted by Gasteiger charge is -2.08. The summed E-state index contributed by atoms with van der Waals surface area (Å²) in [6.07, 6.45) is 0.640. The number of rotatable bonds is 4. The van der Waals surface area contributed by atoms with E-state index in [1.165, 1.54) is 0 Å². The van der Waals surface area contributed by atoms with E-state index in [1.54, 1.807) is 6.92 Å². The predicted octanol–water partition coefficient (Wildman–Crippen LogP) is 2.33. The molecule has 1 N–H and O–H groups in total. The molecule has 0 saturated carbocycles. The Balaban J connectivity index is 2.33. The van der Waals surface area contributed by atoms with Gasteiger partial charge in [-0.1, -0.05) is 18.2 Å². The molecule has 1 aromatic heterocycles. The molecule has 0 aliphatic carbocycles. The van der Waals surface area contributed by atoms with Gasteiger partial charge in [-0.2, -0.15) is 0 Å². The summed E-state index contributed by atoms with van der Waals surface area (Å²) in [5.74, 6) is -0.269. The van der Waals surface area contributed by atoms with Crippen molar-refractivity contribution in [3.8, 4) is 0 Å². The number of fused-ring (bicyclic) bond motifs is 1. The third-order valence-corrected chi connectivity index (χ3v) is 3.19. The molecule has 0 saturated heterocycles. The second-order valence-electron chi connectivity index (χ2n) is 4.41. The van der Waals surface area contributed by atoms with Crippen LogP contribution in [0.4, 0.5) is 0 Å². The van der Waals surface area contributed by atoms with Crippen LogP contribution in [-0.2, 0) is 16.0 Å². The van der Waals surface area contributed by atoms with Crippen molar-refractivity contribution in [3.63, 3.8) is 0 Å². The average Bonchev–Trinajstić information content (AvgIpc) is 2.39. The van der Waals surface area contributed by atoms with Crippen molar-refractivity contribution in [1.82, 2.24) is 4.98 Å². The Morgan fingerprint density at radius 2 is 2.05 bits per heavy atom. The van der Waals surface area contributed by atoms with Crippen molar-refractivity contribution >= 4 is 16.9 Å². The molecule has 2 rings (SSSR count). The van der Waals surface area contributed by atoms with Crippen LogP contribution in [-0.4, -0.2) is 17.6 Å². The van der Waals surface area contributed by atoms with Gasteiger partial charge in [0, 0.05) is 22.9 Å². The monoisotopic (exact) mass is 259 g/mol. The Labute approximate surface area is 111 Å². The van der Waals surface area contributed by atoms with Crippen LogP contribution in [0.2, 0.25) is 0 Å². The van der Waals surface area contributed by atoms with Gasteiger partial charge in [-0.05, 0) is 31.9 Å². The van der Waals surface area contributed by atoms with E-state index in [9.17, 15) is 9.59 Å². The second kappa shape index (κ2) is 5.69.